The number of ether oxygens (including phenoxy) is 2. The van der Waals surface area contributed by atoms with Gasteiger partial charge in [-0.25, -0.2) is 4.39 Å². The van der Waals surface area contributed by atoms with Crippen LogP contribution < -0.4 is 10.1 Å². The van der Waals surface area contributed by atoms with Crippen LogP contribution in [0.4, 0.5) is 4.39 Å². The number of hydrogen-bond acceptors (Lipinski definition) is 6. The molecule has 0 saturated heterocycles. The number of carbonyl (C=O) groups is 1. The lowest BCUT2D eigenvalue weighted by Gasteiger charge is -2.10. The van der Waals surface area contributed by atoms with E-state index in [1.54, 1.807) is 39.5 Å². The first-order chi connectivity index (χ1) is 16.0. The maximum absolute atomic E-state index is 13.5. The molecule has 8 heteroatoms. The average molecular weight is 450 g/mol. The van der Waals surface area contributed by atoms with Crippen LogP contribution in [-0.2, 0) is 11.3 Å². The van der Waals surface area contributed by atoms with Gasteiger partial charge in [-0.3, -0.25) is 4.79 Å². The summed E-state index contributed by atoms with van der Waals surface area (Å²) in [5.41, 5.74) is 3.70. The maximum Gasteiger partial charge on any atom is 0.255 e. The molecule has 2 aromatic carbocycles. The molecule has 7 nitrogen and oxygen atoms in total. The molecule has 33 heavy (non-hydrogen) atoms. The van der Waals surface area contributed by atoms with Crippen molar-refractivity contribution in [2.45, 2.75) is 25.4 Å². The average Bonchev–Trinajstić information content (AvgIpc) is 3.49. The number of hydrogen-bond donors (Lipinski definition) is 1. The minimum absolute atomic E-state index is 0.287. The first-order valence-corrected chi connectivity index (χ1v) is 10.7. The molecular formula is C25H23FN2O5. The number of methoxy groups -OCH3 is 2. The molecule has 1 aliphatic carbocycles. The van der Waals surface area contributed by atoms with E-state index in [1.165, 1.54) is 12.1 Å². The van der Waals surface area contributed by atoms with Crippen molar-refractivity contribution in [2.24, 2.45) is 0 Å². The van der Waals surface area contributed by atoms with Gasteiger partial charge in [0.15, 0.2) is 0 Å². The third-order valence-electron chi connectivity index (χ3n) is 5.86. The van der Waals surface area contributed by atoms with Gasteiger partial charge in [-0.05, 0) is 49.2 Å². The number of fused-ring (bicyclic) bond motifs is 1. The number of furan rings is 1. The highest BCUT2D eigenvalue weighted by Gasteiger charge is 2.34. The molecule has 0 aliphatic heterocycles. The molecule has 0 radical (unpaired) electrons. The number of carbonyl (C=O) groups excluding carboxylic acids is 1. The number of halogens is 1. The van der Waals surface area contributed by atoms with Crippen LogP contribution in [0.3, 0.4) is 0 Å². The summed E-state index contributed by atoms with van der Waals surface area (Å²) in [6.45, 7) is 0.287. The highest BCUT2D eigenvalue weighted by atomic mass is 19.1. The molecule has 5 rings (SSSR count). The zero-order valence-electron chi connectivity index (χ0n) is 18.5. The monoisotopic (exact) mass is 450 g/mol. The summed E-state index contributed by atoms with van der Waals surface area (Å²) >= 11 is 0. The molecule has 4 aromatic rings. The highest BCUT2D eigenvalue weighted by molar-refractivity contribution is 6.12. The predicted octanol–water partition coefficient (Wildman–Crippen LogP) is 5.29. The van der Waals surface area contributed by atoms with Gasteiger partial charge in [0, 0.05) is 36.6 Å². The number of aromatic nitrogens is 1. The summed E-state index contributed by atoms with van der Waals surface area (Å²) in [5, 5.41) is 7.49. The molecule has 1 aliphatic rings. The number of benzene rings is 2. The fraction of sp³-hybridized carbons (Fsp3) is 0.280. The van der Waals surface area contributed by atoms with Crippen LogP contribution >= 0.6 is 0 Å². The summed E-state index contributed by atoms with van der Waals surface area (Å²) in [4.78, 5) is 12.8. The Morgan fingerprint density at radius 3 is 2.61 bits per heavy atom. The Bertz CT molecular complexity index is 1340. The number of nitrogens with one attached hydrogen (secondary N) is 1. The topological polar surface area (TPSA) is 86.7 Å². The summed E-state index contributed by atoms with van der Waals surface area (Å²) in [5.74, 6) is 1.34. The Labute approximate surface area is 189 Å². The number of rotatable bonds is 7. The molecule has 0 spiro atoms. The van der Waals surface area contributed by atoms with Gasteiger partial charge in [-0.15, -0.1) is 0 Å². The fourth-order valence-corrected chi connectivity index (χ4v) is 4.13. The van der Waals surface area contributed by atoms with E-state index in [1.807, 2.05) is 6.07 Å². The van der Waals surface area contributed by atoms with Crippen molar-refractivity contribution < 1.29 is 27.6 Å². The third kappa shape index (κ3) is 3.66. The minimum atomic E-state index is -0.369. The molecule has 0 unspecified atom stereocenters. The second-order valence-electron chi connectivity index (χ2n) is 8.02. The van der Waals surface area contributed by atoms with Crippen molar-refractivity contribution in [1.29, 1.82) is 0 Å². The van der Waals surface area contributed by atoms with Gasteiger partial charge in [0.1, 0.15) is 34.4 Å². The summed E-state index contributed by atoms with van der Waals surface area (Å²) < 4.78 is 36.4. The van der Waals surface area contributed by atoms with E-state index >= 15 is 0 Å². The van der Waals surface area contributed by atoms with Crippen LogP contribution in [0.25, 0.3) is 33.4 Å². The summed E-state index contributed by atoms with van der Waals surface area (Å²) in [7, 11) is 4.73. The molecule has 1 fully saturated rings. The van der Waals surface area contributed by atoms with E-state index < -0.39 is 0 Å². The Balaban J connectivity index is 1.76. The van der Waals surface area contributed by atoms with Crippen molar-refractivity contribution >= 4 is 16.9 Å². The van der Waals surface area contributed by atoms with Gasteiger partial charge in [0.2, 0.25) is 0 Å². The molecule has 0 atom stereocenters. The SMILES string of the molecule is CNC(=O)c1c(-c2ccc(F)cc2)oc2cc(-c3c(COC)noc3C3CC3)c(OC)cc12. The van der Waals surface area contributed by atoms with Crippen molar-refractivity contribution in [3.8, 4) is 28.2 Å². The lowest BCUT2D eigenvalue weighted by atomic mass is 9.97. The van der Waals surface area contributed by atoms with Crippen molar-refractivity contribution in [3.63, 3.8) is 0 Å². The first kappa shape index (κ1) is 21.2. The number of nitrogens with zero attached hydrogens (tertiary/aromatic N) is 1. The van der Waals surface area contributed by atoms with E-state index in [4.69, 9.17) is 18.4 Å². The molecule has 2 heterocycles. The van der Waals surface area contributed by atoms with Crippen LogP contribution in [0.2, 0.25) is 0 Å². The van der Waals surface area contributed by atoms with E-state index in [9.17, 15) is 9.18 Å². The molecule has 1 N–H and O–H groups in total. The van der Waals surface area contributed by atoms with Crippen molar-refractivity contribution in [1.82, 2.24) is 10.5 Å². The largest absolute Gasteiger partial charge is 0.496 e. The van der Waals surface area contributed by atoms with Crippen LogP contribution in [-0.4, -0.2) is 32.3 Å². The Kier molecular flexibility index (Phi) is 5.38. The van der Waals surface area contributed by atoms with Crippen molar-refractivity contribution in [2.75, 3.05) is 21.3 Å². The predicted molar refractivity (Wildman–Crippen MR) is 120 cm³/mol. The quantitative estimate of drug-likeness (QED) is 0.412. The Hall–Kier alpha value is -3.65. The standard InChI is InChI=1S/C25H23FN2O5/c1-27-25(29)22-17-10-19(31-3)16(21-18(12-30-2)28-33-24(21)14-4-5-14)11-20(17)32-23(22)13-6-8-15(26)9-7-13/h6-11,14H,4-5,12H2,1-3H3,(H,27,29). The lowest BCUT2D eigenvalue weighted by molar-refractivity contribution is 0.0964. The smallest absolute Gasteiger partial charge is 0.255 e. The maximum atomic E-state index is 13.5. The summed E-state index contributed by atoms with van der Waals surface area (Å²) in [6, 6.07) is 9.45. The van der Waals surface area contributed by atoms with E-state index in [0.29, 0.717) is 45.2 Å². The van der Waals surface area contributed by atoms with E-state index in [0.717, 1.165) is 29.7 Å². The molecule has 170 valence electrons. The zero-order valence-corrected chi connectivity index (χ0v) is 18.5. The highest BCUT2D eigenvalue weighted by Crippen LogP contribution is 2.49. The number of amides is 1. The van der Waals surface area contributed by atoms with Crippen LogP contribution in [0.1, 0.15) is 40.6 Å². The van der Waals surface area contributed by atoms with Gasteiger partial charge in [-0.1, -0.05) is 5.16 Å². The summed E-state index contributed by atoms with van der Waals surface area (Å²) in [6.07, 6.45) is 2.07. The van der Waals surface area contributed by atoms with Crippen LogP contribution in [0.5, 0.6) is 5.75 Å². The minimum Gasteiger partial charge on any atom is -0.496 e. The first-order valence-electron chi connectivity index (χ1n) is 10.7. The van der Waals surface area contributed by atoms with Crippen molar-refractivity contribution in [3.05, 3.63) is 59.2 Å². The van der Waals surface area contributed by atoms with E-state index in [2.05, 4.69) is 10.5 Å². The molecule has 1 saturated carbocycles. The molecular weight excluding hydrogens is 427 g/mol. The molecule has 2 aromatic heterocycles. The lowest BCUT2D eigenvalue weighted by Crippen LogP contribution is -2.18. The molecule has 0 bridgehead atoms. The van der Waals surface area contributed by atoms with Gasteiger partial charge < -0.3 is 23.7 Å². The fourth-order valence-electron chi connectivity index (χ4n) is 4.13. The van der Waals surface area contributed by atoms with Crippen LogP contribution in [0, 0.1) is 5.82 Å². The molecule has 1 amide bonds. The third-order valence-corrected chi connectivity index (χ3v) is 5.86. The Morgan fingerprint density at radius 2 is 1.97 bits per heavy atom. The second kappa shape index (κ2) is 8.37. The van der Waals surface area contributed by atoms with E-state index in [-0.39, 0.29) is 18.3 Å². The van der Waals surface area contributed by atoms with Crippen LogP contribution in [0.15, 0.2) is 45.3 Å². The zero-order chi connectivity index (χ0) is 23.1. The normalized spacial score (nSPS) is 13.5. The second-order valence-corrected chi connectivity index (χ2v) is 8.02. The Morgan fingerprint density at radius 1 is 1.21 bits per heavy atom. The van der Waals surface area contributed by atoms with Gasteiger partial charge in [-0.2, -0.15) is 0 Å². The van der Waals surface area contributed by atoms with Gasteiger partial charge >= 0.3 is 0 Å². The van der Waals surface area contributed by atoms with Gasteiger partial charge in [0.25, 0.3) is 5.91 Å². The van der Waals surface area contributed by atoms with Gasteiger partial charge in [0.05, 0.1) is 24.8 Å².